The molecule has 2 aromatic rings. The first-order valence-electron chi connectivity index (χ1n) is 7.20. The van der Waals surface area contributed by atoms with E-state index in [2.05, 4.69) is 10.9 Å². The van der Waals surface area contributed by atoms with Gasteiger partial charge in [-0.25, -0.2) is 0 Å². The number of benzene rings is 1. The number of thiophene rings is 1. The van der Waals surface area contributed by atoms with Gasteiger partial charge >= 0.3 is 0 Å². The van der Waals surface area contributed by atoms with Gasteiger partial charge in [-0.15, -0.1) is 11.3 Å². The summed E-state index contributed by atoms with van der Waals surface area (Å²) in [6.07, 6.45) is 3.85. The summed E-state index contributed by atoms with van der Waals surface area (Å²) < 4.78 is 10.7. The number of carbonyl (C=O) groups excluding carboxylic acids is 2. The molecule has 0 aliphatic rings. The molecule has 24 heavy (non-hydrogen) atoms. The number of rotatable bonds is 6. The summed E-state index contributed by atoms with van der Waals surface area (Å²) in [7, 11) is 1.53. The molecule has 1 aromatic heterocycles. The first kappa shape index (κ1) is 17.6. The Balaban J connectivity index is 1.86. The summed E-state index contributed by atoms with van der Waals surface area (Å²) in [5.74, 6) is 0.137. The number of carbonyl (C=O) groups is 2. The molecule has 0 radical (unpaired) electrons. The zero-order valence-corrected chi connectivity index (χ0v) is 14.2. The van der Waals surface area contributed by atoms with Crippen molar-refractivity contribution in [3.05, 3.63) is 52.2 Å². The summed E-state index contributed by atoms with van der Waals surface area (Å²) in [5.41, 5.74) is 5.60. The Morgan fingerprint density at radius 2 is 2.04 bits per heavy atom. The zero-order valence-electron chi connectivity index (χ0n) is 13.4. The number of nitrogens with one attached hydrogen (secondary N) is 2. The maximum Gasteiger partial charge on any atom is 0.279 e. The molecule has 0 bridgehead atoms. The van der Waals surface area contributed by atoms with E-state index in [-0.39, 0.29) is 12.5 Å². The summed E-state index contributed by atoms with van der Waals surface area (Å²) in [4.78, 5) is 24.0. The molecule has 126 valence electrons. The predicted molar refractivity (Wildman–Crippen MR) is 93.1 cm³/mol. The lowest BCUT2D eigenvalue weighted by molar-refractivity contribution is -0.123. The molecule has 0 atom stereocenters. The largest absolute Gasteiger partial charge is 0.493 e. The highest BCUT2D eigenvalue weighted by molar-refractivity contribution is 7.12. The monoisotopic (exact) mass is 346 g/mol. The number of amides is 2. The predicted octanol–water partition coefficient (Wildman–Crippen LogP) is 2.63. The second-order valence-corrected chi connectivity index (χ2v) is 5.63. The Morgan fingerprint density at radius 3 is 2.71 bits per heavy atom. The molecule has 0 saturated heterocycles. The third kappa shape index (κ3) is 4.85. The molecule has 1 aromatic carbocycles. The van der Waals surface area contributed by atoms with Crippen molar-refractivity contribution in [1.82, 2.24) is 10.9 Å². The number of ether oxygens (including phenoxy) is 2. The van der Waals surface area contributed by atoms with E-state index >= 15 is 0 Å². The smallest absolute Gasteiger partial charge is 0.279 e. The minimum Gasteiger partial charge on any atom is -0.493 e. The molecule has 0 unspecified atom stereocenters. The van der Waals surface area contributed by atoms with E-state index in [1.807, 2.05) is 31.2 Å². The summed E-state index contributed by atoms with van der Waals surface area (Å²) >= 11 is 1.29. The van der Waals surface area contributed by atoms with Crippen LogP contribution in [0.1, 0.15) is 22.2 Å². The highest BCUT2D eigenvalue weighted by Gasteiger charge is 2.10. The van der Waals surface area contributed by atoms with Gasteiger partial charge in [-0.05, 0) is 36.1 Å². The molecule has 0 fully saturated rings. The Morgan fingerprint density at radius 1 is 1.21 bits per heavy atom. The molecule has 0 aliphatic carbocycles. The second-order valence-electron chi connectivity index (χ2n) is 4.68. The maximum absolute atomic E-state index is 11.8. The third-order valence-electron chi connectivity index (χ3n) is 2.97. The van der Waals surface area contributed by atoms with E-state index in [0.717, 1.165) is 5.56 Å². The van der Waals surface area contributed by atoms with E-state index in [4.69, 9.17) is 9.47 Å². The van der Waals surface area contributed by atoms with Crippen LogP contribution in [0.3, 0.4) is 0 Å². The minimum absolute atomic E-state index is 0.246. The van der Waals surface area contributed by atoms with Gasteiger partial charge in [0.25, 0.3) is 11.8 Å². The molecule has 7 heteroatoms. The van der Waals surface area contributed by atoms with Crippen molar-refractivity contribution in [3.63, 3.8) is 0 Å². The van der Waals surface area contributed by atoms with E-state index in [0.29, 0.717) is 16.4 Å². The molecule has 0 aliphatic heterocycles. The average molecular weight is 346 g/mol. The molecule has 2 rings (SSSR count). The average Bonchev–Trinajstić information content (AvgIpc) is 3.13. The van der Waals surface area contributed by atoms with Crippen LogP contribution < -0.4 is 20.3 Å². The fourth-order valence-electron chi connectivity index (χ4n) is 1.87. The van der Waals surface area contributed by atoms with Crippen LogP contribution in [-0.2, 0) is 4.79 Å². The number of hydrogen-bond donors (Lipinski definition) is 2. The van der Waals surface area contributed by atoms with Crippen LogP contribution >= 0.6 is 11.3 Å². The van der Waals surface area contributed by atoms with Gasteiger partial charge in [-0.1, -0.05) is 24.3 Å². The van der Waals surface area contributed by atoms with E-state index in [9.17, 15) is 9.59 Å². The molecular weight excluding hydrogens is 328 g/mol. The Labute approximate surface area is 144 Å². The van der Waals surface area contributed by atoms with Crippen LogP contribution in [0.25, 0.3) is 6.08 Å². The van der Waals surface area contributed by atoms with E-state index in [1.165, 1.54) is 18.4 Å². The maximum atomic E-state index is 11.8. The van der Waals surface area contributed by atoms with Crippen molar-refractivity contribution >= 4 is 29.2 Å². The van der Waals surface area contributed by atoms with Crippen molar-refractivity contribution in [2.45, 2.75) is 6.92 Å². The Kier molecular flexibility index (Phi) is 6.39. The highest BCUT2D eigenvalue weighted by atomic mass is 32.1. The van der Waals surface area contributed by atoms with Gasteiger partial charge < -0.3 is 9.47 Å². The van der Waals surface area contributed by atoms with Crippen molar-refractivity contribution < 1.29 is 19.1 Å². The number of methoxy groups -OCH3 is 1. The van der Waals surface area contributed by atoms with Crippen LogP contribution in [0.2, 0.25) is 0 Å². The minimum atomic E-state index is -0.473. The molecule has 0 saturated carbocycles. The summed E-state index contributed by atoms with van der Waals surface area (Å²) in [5, 5.41) is 1.78. The van der Waals surface area contributed by atoms with E-state index in [1.54, 1.807) is 23.6 Å². The topological polar surface area (TPSA) is 76.7 Å². The van der Waals surface area contributed by atoms with Gasteiger partial charge in [0.2, 0.25) is 0 Å². The number of allylic oxidation sites excluding steroid dienone is 1. The summed E-state index contributed by atoms with van der Waals surface area (Å²) in [6, 6.07) is 8.82. The molecule has 2 amide bonds. The van der Waals surface area contributed by atoms with Crippen LogP contribution in [0.4, 0.5) is 0 Å². The quantitative estimate of drug-likeness (QED) is 0.789. The number of hydrogen-bond acceptors (Lipinski definition) is 5. The molecule has 2 N–H and O–H groups in total. The Hall–Kier alpha value is -2.80. The zero-order chi connectivity index (χ0) is 17.4. The first-order chi connectivity index (χ1) is 11.6. The van der Waals surface area contributed by atoms with Crippen LogP contribution in [-0.4, -0.2) is 25.5 Å². The van der Waals surface area contributed by atoms with Crippen molar-refractivity contribution in [2.75, 3.05) is 13.7 Å². The first-order valence-corrected chi connectivity index (χ1v) is 8.08. The standard InChI is InChI=1S/C17H18N2O4S/c1-3-5-12-7-8-13(14(10-12)22-2)23-11-16(20)18-19-17(21)15-6-4-9-24-15/h3-10H,11H2,1-2H3,(H,18,20)(H,19,21)/b5-3+. The van der Waals surface area contributed by atoms with Crippen LogP contribution in [0.15, 0.2) is 41.8 Å². The molecular formula is C17H18N2O4S. The van der Waals surface area contributed by atoms with Gasteiger partial charge in [0.1, 0.15) is 0 Å². The fraction of sp³-hybridized carbons (Fsp3) is 0.176. The van der Waals surface area contributed by atoms with Crippen LogP contribution in [0, 0.1) is 0 Å². The van der Waals surface area contributed by atoms with Crippen molar-refractivity contribution in [3.8, 4) is 11.5 Å². The normalized spacial score (nSPS) is 10.4. The molecule has 6 nitrogen and oxygen atoms in total. The van der Waals surface area contributed by atoms with Gasteiger partial charge in [-0.3, -0.25) is 20.4 Å². The van der Waals surface area contributed by atoms with Crippen LogP contribution in [0.5, 0.6) is 11.5 Å². The molecule has 0 spiro atoms. The van der Waals surface area contributed by atoms with E-state index < -0.39 is 5.91 Å². The lowest BCUT2D eigenvalue weighted by Gasteiger charge is -2.11. The Bertz CT molecular complexity index is 726. The second kappa shape index (κ2) is 8.73. The third-order valence-corrected chi connectivity index (χ3v) is 3.83. The van der Waals surface area contributed by atoms with Crippen molar-refractivity contribution in [1.29, 1.82) is 0 Å². The van der Waals surface area contributed by atoms with Gasteiger partial charge in [0, 0.05) is 0 Å². The van der Waals surface area contributed by atoms with Crippen molar-refractivity contribution in [2.24, 2.45) is 0 Å². The lowest BCUT2D eigenvalue weighted by atomic mass is 10.2. The van der Waals surface area contributed by atoms with Gasteiger partial charge in [0.15, 0.2) is 18.1 Å². The fourth-order valence-corrected chi connectivity index (χ4v) is 2.49. The molecule has 1 heterocycles. The van der Waals surface area contributed by atoms with Gasteiger partial charge in [0.05, 0.1) is 12.0 Å². The summed E-state index contributed by atoms with van der Waals surface area (Å²) in [6.45, 7) is 1.68. The SMILES string of the molecule is C/C=C/c1ccc(OCC(=O)NNC(=O)c2cccs2)c(OC)c1. The number of hydrazine groups is 1. The highest BCUT2D eigenvalue weighted by Crippen LogP contribution is 2.28. The van der Waals surface area contributed by atoms with Gasteiger partial charge in [-0.2, -0.15) is 0 Å². The lowest BCUT2D eigenvalue weighted by Crippen LogP contribution is -2.43.